The highest BCUT2D eigenvalue weighted by Crippen LogP contribution is 2.11. The summed E-state index contributed by atoms with van der Waals surface area (Å²) in [5.41, 5.74) is 1.05. The van der Waals surface area contributed by atoms with Crippen LogP contribution in [0.2, 0.25) is 0 Å². The molecule has 4 heteroatoms. The molecule has 0 radical (unpaired) electrons. The average Bonchev–Trinajstić information content (AvgIpc) is 2.33. The molecular weight excluding hydrogens is 240 g/mol. The fraction of sp³-hybridized carbons (Fsp3) is 0.533. The van der Waals surface area contributed by atoms with Crippen LogP contribution in [0.15, 0.2) is 24.3 Å². The lowest BCUT2D eigenvalue weighted by Gasteiger charge is -2.20. The van der Waals surface area contributed by atoms with Gasteiger partial charge in [-0.25, -0.2) is 0 Å². The van der Waals surface area contributed by atoms with Crippen LogP contribution in [0.1, 0.15) is 26.3 Å². The first kappa shape index (κ1) is 15.5. The monoisotopic (exact) mass is 264 g/mol. The molecule has 0 saturated heterocycles. The van der Waals surface area contributed by atoms with Gasteiger partial charge in [-0.05, 0) is 51.4 Å². The zero-order valence-electron chi connectivity index (χ0n) is 12.2. The Labute approximate surface area is 115 Å². The quantitative estimate of drug-likeness (QED) is 0.770. The molecule has 1 aromatic rings. The van der Waals surface area contributed by atoms with Gasteiger partial charge in [-0.3, -0.25) is 4.79 Å². The molecule has 19 heavy (non-hydrogen) atoms. The van der Waals surface area contributed by atoms with Crippen molar-refractivity contribution in [1.82, 2.24) is 10.6 Å². The summed E-state index contributed by atoms with van der Waals surface area (Å²) in [4.78, 5) is 11.6. The number of methoxy groups -OCH3 is 1. The molecule has 1 rings (SSSR count). The van der Waals surface area contributed by atoms with E-state index in [1.807, 2.05) is 45.0 Å². The van der Waals surface area contributed by atoms with Gasteiger partial charge in [0.25, 0.3) is 0 Å². The van der Waals surface area contributed by atoms with E-state index in [9.17, 15) is 4.79 Å². The van der Waals surface area contributed by atoms with Crippen LogP contribution in [0.3, 0.4) is 0 Å². The van der Waals surface area contributed by atoms with E-state index in [0.29, 0.717) is 6.54 Å². The summed E-state index contributed by atoms with van der Waals surface area (Å²) in [6, 6.07) is 7.97. The molecule has 0 atom stereocenters. The van der Waals surface area contributed by atoms with Crippen LogP contribution >= 0.6 is 0 Å². The SMILES string of the molecule is COc1ccc(CCNCC(=O)NC(C)(C)C)cc1. The Hall–Kier alpha value is -1.55. The van der Waals surface area contributed by atoms with Crippen molar-refractivity contribution in [3.8, 4) is 5.75 Å². The average molecular weight is 264 g/mol. The Morgan fingerprint density at radius 2 is 1.84 bits per heavy atom. The third-order valence-electron chi connectivity index (χ3n) is 2.55. The van der Waals surface area contributed by atoms with Crippen molar-refractivity contribution in [3.63, 3.8) is 0 Å². The Morgan fingerprint density at radius 1 is 1.21 bits per heavy atom. The van der Waals surface area contributed by atoms with Crippen LogP contribution in [-0.4, -0.2) is 31.6 Å². The van der Waals surface area contributed by atoms with Gasteiger partial charge in [0, 0.05) is 5.54 Å². The molecule has 0 aliphatic carbocycles. The van der Waals surface area contributed by atoms with Crippen LogP contribution in [0.25, 0.3) is 0 Å². The molecule has 4 nitrogen and oxygen atoms in total. The second-order valence-electron chi connectivity index (χ2n) is 5.57. The van der Waals surface area contributed by atoms with Crippen molar-refractivity contribution >= 4 is 5.91 Å². The number of ether oxygens (including phenoxy) is 1. The molecule has 0 saturated carbocycles. The van der Waals surface area contributed by atoms with Gasteiger partial charge in [0.2, 0.25) is 5.91 Å². The van der Waals surface area contributed by atoms with Crippen LogP contribution < -0.4 is 15.4 Å². The van der Waals surface area contributed by atoms with Crippen molar-refractivity contribution < 1.29 is 9.53 Å². The molecule has 0 heterocycles. The standard InChI is InChI=1S/C15H24N2O2/c1-15(2,3)17-14(18)11-16-10-9-12-5-7-13(19-4)8-6-12/h5-8,16H,9-11H2,1-4H3,(H,17,18). The van der Waals surface area contributed by atoms with E-state index in [4.69, 9.17) is 4.74 Å². The highest BCUT2D eigenvalue weighted by Gasteiger charge is 2.12. The molecule has 1 amide bonds. The summed E-state index contributed by atoms with van der Waals surface area (Å²) in [6.07, 6.45) is 0.896. The lowest BCUT2D eigenvalue weighted by atomic mass is 10.1. The minimum Gasteiger partial charge on any atom is -0.497 e. The third kappa shape index (κ3) is 6.82. The minimum absolute atomic E-state index is 0.0298. The molecule has 0 fully saturated rings. The number of rotatable bonds is 6. The van der Waals surface area contributed by atoms with Crippen molar-refractivity contribution in [1.29, 1.82) is 0 Å². The number of amides is 1. The van der Waals surface area contributed by atoms with Gasteiger partial charge in [-0.15, -0.1) is 0 Å². The fourth-order valence-corrected chi connectivity index (χ4v) is 1.69. The Balaban J connectivity index is 2.21. The first-order valence-corrected chi connectivity index (χ1v) is 6.55. The van der Waals surface area contributed by atoms with E-state index in [1.54, 1.807) is 7.11 Å². The summed E-state index contributed by atoms with van der Waals surface area (Å²) in [5.74, 6) is 0.892. The topological polar surface area (TPSA) is 50.4 Å². The van der Waals surface area contributed by atoms with Crippen LogP contribution in [0.5, 0.6) is 5.75 Å². The molecular formula is C15H24N2O2. The minimum atomic E-state index is -0.172. The molecule has 0 bridgehead atoms. The Morgan fingerprint density at radius 3 is 2.37 bits per heavy atom. The van der Waals surface area contributed by atoms with Crippen molar-refractivity contribution in [2.45, 2.75) is 32.7 Å². The van der Waals surface area contributed by atoms with Crippen LogP contribution in [0, 0.1) is 0 Å². The number of carbonyl (C=O) groups is 1. The van der Waals surface area contributed by atoms with E-state index < -0.39 is 0 Å². The fourth-order valence-electron chi connectivity index (χ4n) is 1.69. The zero-order chi connectivity index (χ0) is 14.3. The molecule has 0 aromatic heterocycles. The van der Waals surface area contributed by atoms with E-state index in [0.717, 1.165) is 18.7 Å². The lowest BCUT2D eigenvalue weighted by molar-refractivity contribution is -0.121. The maximum absolute atomic E-state index is 11.6. The molecule has 0 spiro atoms. The molecule has 0 unspecified atom stereocenters. The normalized spacial score (nSPS) is 11.2. The number of carbonyl (C=O) groups excluding carboxylic acids is 1. The smallest absolute Gasteiger partial charge is 0.234 e. The first-order valence-electron chi connectivity index (χ1n) is 6.55. The molecule has 1 aromatic carbocycles. The Bertz CT molecular complexity index is 394. The van der Waals surface area contributed by atoms with Gasteiger partial charge in [-0.1, -0.05) is 12.1 Å². The summed E-state index contributed by atoms with van der Waals surface area (Å²) in [6.45, 7) is 7.06. The summed E-state index contributed by atoms with van der Waals surface area (Å²) in [5, 5.41) is 6.06. The van der Waals surface area contributed by atoms with Gasteiger partial charge in [0.1, 0.15) is 5.75 Å². The first-order chi connectivity index (χ1) is 8.90. The molecule has 0 aliphatic heterocycles. The maximum Gasteiger partial charge on any atom is 0.234 e. The summed E-state index contributed by atoms with van der Waals surface area (Å²) in [7, 11) is 1.66. The van der Waals surface area contributed by atoms with Crippen molar-refractivity contribution in [2.24, 2.45) is 0 Å². The number of hydrogen-bond acceptors (Lipinski definition) is 3. The lowest BCUT2D eigenvalue weighted by Crippen LogP contribution is -2.45. The van der Waals surface area contributed by atoms with Gasteiger partial charge in [-0.2, -0.15) is 0 Å². The summed E-state index contributed by atoms with van der Waals surface area (Å²) < 4.78 is 5.10. The van der Waals surface area contributed by atoms with Gasteiger partial charge >= 0.3 is 0 Å². The predicted molar refractivity (Wildman–Crippen MR) is 77.5 cm³/mol. The largest absolute Gasteiger partial charge is 0.497 e. The van der Waals surface area contributed by atoms with E-state index in [2.05, 4.69) is 10.6 Å². The van der Waals surface area contributed by atoms with Gasteiger partial charge in [0.15, 0.2) is 0 Å². The molecule has 106 valence electrons. The predicted octanol–water partition coefficient (Wildman–Crippen LogP) is 1.74. The maximum atomic E-state index is 11.6. The summed E-state index contributed by atoms with van der Waals surface area (Å²) >= 11 is 0. The van der Waals surface area contributed by atoms with Gasteiger partial charge in [0.05, 0.1) is 13.7 Å². The second-order valence-corrected chi connectivity index (χ2v) is 5.57. The zero-order valence-corrected chi connectivity index (χ0v) is 12.2. The van der Waals surface area contributed by atoms with E-state index >= 15 is 0 Å². The number of benzene rings is 1. The molecule has 2 N–H and O–H groups in total. The number of nitrogens with one attached hydrogen (secondary N) is 2. The molecule has 0 aliphatic rings. The third-order valence-corrected chi connectivity index (χ3v) is 2.55. The highest BCUT2D eigenvalue weighted by atomic mass is 16.5. The highest BCUT2D eigenvalue weighted by molar-refractivity contribution is 5.78. The van der Waals surface area contributed by atoms with E-state index in [1.165, 1.54) is 5.56 Å². The van der Waals surface area contributed by atoms with Gasteiger partial charge < -0.3 is 15.4 Å². The second kappa shape index (κ2) is 7.14. The van der Waals surface area contributed by atoms with E-state index in [-0.39, 0.29) is 11.4 Å². The van der Waals surface area contributed by atoms with Crippen molar-refractivity contribution in [3.05, 3.63) is 29.8 Å². The van der Waals surface area contributed by atoms with Crippen LogP contribution in [0.4, 0.5) is 0 Å². The number of hydrogen-bond donors (Lipinski definition) is 2. The Kier molecular flexibility index (Phi) is 5.83. The van der Waals surface area contributed by atoms with Crippen LogP contribution in [-0.2, 0) is 11.2 Å². The van der Waals surface area contributed by atoms with Crippen molar-refractivity contribution in [2.75, 3.05) is 20.2 Å².